The van der Waals surface area contributed by atoms with Crippen molar-refractivity contribution in [3.05, 3.63) is 29.6 Å². The molecule has 2 aromatic rings. The molecule has 0 radical (unpaired) electrons. The van der Waals surface area contributed by atoms with Crippen molar-refractivity contribution in [1.29, 1.82) is 5.26 Å². The molecule has 0 aliphatic carbocycles. The number of alkyl halides is 1. The standard InChI is InChI=1S/C16H20ClN3/c1-3-4-5-7-12(2)20-14-9-6-8-13(11-18)16(14)19-15(20)10-17/h6,8-9,12H,3-5,7,10H2,1-2H3. The van der Waals surface area contributed by atoms with Gasteiger partial charge in [0.25, 0.3) is 0 Å². The largest absolute Gasteiger partial charge is 0.324 e. The van der Waals surface area contributed by atoms with E-state index in [0.29, 0.717) is 17.5 Å². The van der Waals surface area contributed by atoms with Gasteiger partial charge in [-0.25, -0.2) is 4.98 Å². The van der Waals surface area contributed by atoms with Gasteiger partial charge in [0, 0.05) is 6.04 Å². The Balaban J connectivity index is 2.43. The lowest BCUT2D eigenvalue weighted by molar-refractivity contribution is 0.477. The fraction of sp³-hybridized carbons (Fsp3) is 0.500. The SMILES string of the molecule is CCCCCC(C)n1c(CCl)nc2c(C#N)cccc21. The number of hydrogen-bond donors (Lipinski definition) is 0. The van der Waals surface area contributed by atoms with Crippen molar-refractivity contribution < 1.29 is 0 Å². The molecule has 0 aliphatic rings. The second-order valence-electron chi connectivity index (χ2n) is 5.16. The van der Waals surface area contributed by atoms with E-state index in [0.717, 1.165) is 23.3 Å². The summed E-state index contributed by atoms with van der Waals surface area (Å²) in [5, 5.41) is 9.19. The minimum atomic E-state index is 0.356. The van der Waals surface area contributed by atoms with E-state index in [1.165, 1.54) is 19.3 Å². The van der Waals surface area contributed by atoms with Gasteiger partial charge in [0.1, 0.15) is 17.4 Å². The van der Waals surface area contributed by atoms with Crippen LogP contribution >= 0.6 is 11.6 Å². The molecule has 0 saturated carbocycles. The highest BCUT2D eigenvalue weighted by molar-refractivity contribution is 6.16. The van der Waals surface area contributed by atoms with Crippen LogP contribution in [-0.2, 0) is 5.88 Å². The molecule has 106 valence electrons. The lowest BCUT2D eigenvalue weighted by atomic mass is 10.1. The molecule has 0 saturated heterocycles. The van der Waals surface area contributed by atoms with Crippen molar-refractivity contribution in [3.8, 4) is 6.07 Å². The summed E-state index contributed by atoms with van der Waals surface area (Å²) in [6.45, 7) is 4.41. The first-order chi connectivity index (χ1) is 9.72. The Bertz CT molecular complexity index is 624. The second-order valence-corrected chi connectivity index (χ2v) is 5.43. The molecular weight excluding hydrogens is 270 g/mol. The Morgan fingerprint density at radius 3 is 2.85 bits per heavy atom. The normalized spacial score (nSPS) is 12.5. The van der Waals surface area contributed by atoms with Crippen molar-refractivity contribution in [2.24, 2.45) is 0 Å². The molecule has 1 atom stereocenters. The van der Waals surface area contributed by atoms with E-state index >= 15 is 0 Å². The minimum Gasteiger partial charge on any atom is -0.324 e. The minimum absolute atomic E-state index is 0.356. The molecule has 0 bridgehead atoms. The van der Waals surface area contributed by atoms with Gasteiger partial charge in [-0.2, -0.15) is 5.26 Å². The van der Waals surface area contributed by atoms with Gasteiger partial charge in [-0.1, -0.05) is 32.3 Å². The second kappa shape index (κ2) is 6.76. The summed E-state index contributed by atoms with van der Waals surface area (Å²) in [6, 6.07) is 8.30. The first kappa shape index (κ1) is 14.9. The molecule has 3 nitrogen and oxygen atoms in total. The third-order valence-electron chi connectivity index (χ3n) is 3.70. The smallest absolute Gasteiger partial charge is 0.125 e. The van der Waals surface area contributed by atoms with Gasteiger partial charge in [-0.15, -0.1) is 11.6 Å². The zero-order valence-corrected chi connectivity index (χ0v) is 12.8. The van der Waals surface area contributed by atoms with Crippen LogP contribution in [0, 0.1) is 11.3 Å². The molecule has 1 unspecified atom stereocenters. The maximum Gasteiger partial charge on any atom is 0.125 e. The molecule has 1 heterocycles. The Kier molecular flexibility index (Phi) is 5.03. The van der Waals surface area contributed by atoms with Crippen molar-refractivity contribution in [3.63, 3.8) is 0 Å². The molecule has 0 fully saturated rings. The number of nitrogens with zero attached hydrogens (tertiary/aromatic N) is 3. The molecule has 0 amide bonds. The molecule has 4 heteroatoms. The highest BCUT2D eigenvalue weighted by atomic mass is 35.5. The predicted molar refractivity (Wildman–Crippen MR) is 82.9 cm³/mol. The highest BCUT2D eigenvalue weighted by Crippen LogP contribution is 2.27. The van der Waals surface area contributed by atoms with Gasteiger partial charge < -0.3 is 4.57 Å². The first-order valence-corrected chi connectivity index (χ1v) is 7.72. The summed E-state index contributed by atoms with van der Waals surface area (Å²) < 4.78 is 2.19. The number of hydrogen-bond acceptors (Lipinski definition) is 2. The van der Waals surface area contributed by atoms with Crippen LogP contribution in [0.15, 0.2) is 18.2 Å². The zero-order valence-electron chi connectivity index (χ0n) is 12.1. The van der Waals surface area contributed by atoms with E-state index in [4.69, 9.17) is 11.6 Å². The van der Waals surface area contributed by atoms with Crippen LogP contribution in [-0.4, -0.2) is 9.55 Å². The summed E-state index contributed by atoms with van der Waals surface area (Å²) in [6.07, 6.45) is 4.78. The Morgan fingerprint density at radius 1 is 1.40 bits per heavy atom. The van der Waals surface area contributed by atoms with Crippen molar-refractivity contribution in [2.45, 2.75) is 51.5 Å². The van der Waals surface area contributed by atoms with Crippen LogP contribution in [0.1, 0.15) is 57.0 Å². The van der Waals surface area contributed by atoms with Crippen LogP contribution in [0.3, 0.4) is 0 Å². The maximum atomic E-state index is 9.19. The van der Waals surface area contributed by atoms with Crippen LogP contribution in [0.4, 0.5) is 0 Å². The lowest BCUT2D eigenvalue weighted by Gasteiger charge is -2.16. The summed E-state index contributed by atoms with van der Waals surface area (Å²) >= 11 is 6.04. The van der Waals surface area contributed by atoms with Crippen molar-refractivity contribution in [1.82, 2.24) is 9.55 Å². The Morgan fingerprint density at radius 2 is 2.20 bits per heavy atom. The molecule has 1 aromatic heterocycles. The number of benzene rings is 1. The molecule has 1 aromatic carbocycles. The topological polar surface area (TPSA) is 41.6 Å². The monoisotopic (exact) mass is 289 g/mol. The van der Waals surface area contributed by atoms with Crippen molar-refractivity contribution >= 4 is 22.6 Å². The van der Waals surface area contributed by atoms with Gasteiger partial charge >= 0.3 is 0 Å². The third kappa shape index (κ3) is 2.81. The van der Waals surface area contributed by atoms with Crippen molar-refractivity contribution in [2.75, 3.05) is 0 Å². The third-order valence-corrected chi connectivity index (χ3v) is 3.94. The number of nitriles is 1. The molecule has 2 rings (SSSR count). The molecule has 0 aliphatic heterocycles. The zero-order chi connectivity index (χ0) is 14.5. The number of rotatable bonds is 6. The average Bonchev–Trinajstić information content (AvgIpc) is 2.85. The fourth-order valence-electron chi connectivity index (χ4n) is 2.66. The van der Waals surface area contributed by atoms with Crippen LogP contribution < -0.4 is 0 Å². The van der Waals surface area contributed by atoms with E-state index in [2.05, 4.69) is 29.5 Å². The lowest BCUT2D eigenvalue weighted by Crippen LogP contribution is -2.08. The number of para-hydroxylation sites is 1. The van der Waals surface area contributed by atoms with Gasteiger partial charge in [-0.3, -0.25) is 0 Å². The van der Waals surface area contributed by atoms with E-state index < -0.39 is 0 Å². The van der Waals surface area contributed by atoms with E-state index in [1.54, 1.807) is 6.07 Å². The highest BCUT2D eigenvalue weighted by Gasteiger charge is 2.16. The Hall–Kier alpha value is -1.53. The van der Waals surface area contributed by atoms with Gasteiger partial charge in [0.05, 0.1) is 17.0 Å². The Labute approximate surface area is 125 Å². The molecular formula is C16H20ClN3. The van der Waals surface area contributed by atoms with E-state index in [-0.39, 0.29) is 0 Å². The molecule has 20 heavy (non-hydrogen) atoms. The summed E-state index contributed by atoms with van der Waals surface area (Å²) in [5.74, 6) is 1.23. The molecule has 0 spiro atoms. The number of aromatic nitrogens is 2. The van der Waals surface area contributed by atoms with Crippen LogP contribution in [0.5, 0.6) is 0 Å². The number of imidazole rings is 1. The van der Waals surface area contributed by atoms with E-state index in [1.807, 2.05) is 12.1 Å². The van der Waals surface area contributed by atoms with Crippen LogP contribution in [0.25, 0.3) is 11.0 Å². The predicted octanol–water partition coefficient (Wildman–Crippen LogP) is 4.79. The number of halogens is 1. The average molecular weight is 290 g/mol. The summed E-state index contributed by atoms with van der Waals surface area (Å²) in [4.78, 5) is 4.56. The van der Waals surface area contributed by atoms with Gasteiger partial charge in [-0.05, 0) is 25.5 Å². The molecule has 0 N–H and O–H groups in total. The fourth-order valence-corrected chi connectivity index (χ4v) is 2.85. The maximum absolute atomic E-state index is 9.19. The quantitative estimate of drug-likeness (QED) is 0.567. The van der Waals surface area contributed by atoms with Crippen LogP contribution in [0.2, 0.25) is 0 Å². The summed E-state index contributed by atoms with van der Waals surface area (Å²) in [5.41, 5.74) is 2.41. The van der Waals surface area contributed by atoms with Gasteiger partial charge in [0.2, 0.25) is 0 Å². The number of fused-ring (bicyclic) bond motifs is 1. The van der Waals surface area contributed by atoms with Gasteiger partial charge in [0.15, 0.2) is 0 Å². The van der Waals surface area contributed by atoms with E-state index in [9.17, 15) is 5.26 Å². The first-order valence-electron chi connectivity index (χ1n) is 7.18. The summed E-state index contributed by atoms with van der Waals surface area (Å²) in [7, 11) is 0. The number of unbranched alkanes of at least 4 members (excludes halogenated alkanes) is 2.